The van der Waals surface area contributed by atoms with Gasteiger partial charge in [-0.3, -0.25) is 19.3 Å². The maximum absolute atomic E-state index is 12.9. The van der Waals surface area contributed by atoms with Gasteiger partial charge >= 0.3 is 0 Å². The Bertz CT molecular complexity index is 1480. The maximum atomic E-state index is 12.9. The maximum Gasteiger partial charge on any atom is 0.272 e. The number of carbonyl (C=O) groups excluding carboxylic acids is 2. The second-order valence-electron chi connectivity index (χ2n) is 7.87. The lowest BCUT2D eigenvalue weighted by Crippen LogP contribution is -2.50. The standard InChI is InChI=1S/C23H20N6O5S/c30-22(28-12-14-29(15-13-28)23(31)19-4-1-2-11-24-19)16-7-9-17(10-8-16)27-35(32,33)20-6-3-5-18-21(20)26-34-25-18/h1-11,27H,12-15H2. The number of hydrogen-bond acceptors (Lipinski definition) is 8. The van der Waals surface area contributed by atoms with Crippen LogP contribution in [0.5, 0.6) is 0 Å². The van der Waals surface area contributed by atoms with Crippen molar-refractivity contribution in [3.05, 3.63) is 78.1 Å². The lowest BCUT2D eigenvalue weighted by Gasteiger charge is -2.34. The van der Waals surface area contributed by atoms with E-state index in [9.17, 15) is 18.0 Å². The normalized spacial score (nSPS) is 14.2. The van der Waals surface area contributed by atoms with Crippen LogP contribution in [0, 0.1) is 0 Å². The third-order valence-corrected chi connectivity index (χ3v) is 7.07. The lowest BCUT2D eigenvalue weighted by atomic mass is 10.1. The van der Waals surface area contributed by atoms with E-state index in [1.54, 1.807) is 58.5 Å². The number of benzene rings is 2. The van der Waals surface area contributed by atoms with Gasteiger partial charge in [0.1, 0.15) is 16.1 Å². The van der Waals surface area contributed by atoms with Gasteiger partial charge in [0, 0.05) is 43.6 Å². The summed E-state index contributed by atoms with van der Waals surface area (Å²) in [5.74, 6) is -0.353. The van der Waals surface area contributed by atoms with Crippen molar-refractivity contribution in [2.75, 3.05) is 30.9 Å². The molecule has 0 bridgehead atoms. The van der Waals surface area contributed by atoms with E-state index in [1.807, 2.05) is 0 Å². The second kappa shape index (κ2) is 9.14. The number of amides is 2. The first-order valence-corrected chi connectivity index (χ1v) is 12.2. The van der Waals surface area contributed by atoms with Crippen molar-refractivity contribution in [3.8, 4) is 0 Å². The van der Waals surface area contributed by atoms with Gasteiger partial charge in [0.05, 0.1) is 0 Å². The molecule has 0 saturated carbocycles. The molecule has 0 radical (unpaired) electrons. The van der Waals surface area contributed by atoms with E-state index in [0.717, 1.165) is 0 Å². The van der Waals surface area contributed by atoms with Crippen LogP contribution in [0.1, 0.15) is 20.8 Å². The Labute approximate surface area is 200 Å². The van der Waals surface area contributed by atoms with E-state index < -0.39 is 10.0 Å². The topological polar surface area (TPSA) is 139 Å². The first-order valence-electron chi connectivity index (χ1n) is 10.8. The SMILES string of the molecule is O=C(c1ccc(NS(=O)(=O)c2cccc3nonc23)cc1)N1CCN(C(=O)c2ccccn2)CC1. The summed E-state index contributed by atoms with van der Waals surface area (Å²) in [5, 5.41) is 7.33. The van der Waals surface area contributed by atoms with Crippen molar-refractivity contribution >= 4 is 38.6 Å². The number of sulfonamides is 1. The molecule has 1 N–H and O–H groups in total. The van der Waals surface area contributed by atoms with E-state index in [0.29, 0.717) is 48.6 Å². The monoisotopic (exact) mass is 492 g/mol. The van der Waals surface area contributed by atoms with E-state index in [1.165, 1.54) is 18.2 Å². The fourth-order valence-electron chi connectivity index (χ4n) is 3.84. The van der Waals surface area contributed by atoms with E-state index in [4.69, 9.17) is 0 Å². The number of hydrogen-bond donors (Lipinski definition) is 1. The van der Waals surface area contributed by atoms with Crippen LogP contribution in [0.25, 0.3) is 11.0 Å². The van der Waals surface area contributed by atoms with Crippen molar-refractivity contribution in [1.29, 1.82) is 0 Å². The molecule has 1 aliphatic heterocycles. The van der Waals surface area contributed by atoms with Crippen molar-refractivity contribution in [2.24, 2.45) is 0 Å². The molecule has 0 atom stereocenters. The molecule has 4 aromatic rings. The van der Waals surface area contributed by atoms with Crippen LogP contribution in [0.2, 0.25) is 0 Å². The van der Waals surface area contributed by atoms with Gasteiger partial charge in [-0.1, -0.05) is 12.1 Å². The molecule has 2 aromatic carbocycles. The summed E-state index contributed by atoms with van der Waals surface area (Å²) in [5.41, 5.74) is 1.55. The third-order valence-electron chi connectivity index (χ3n) is 5.66. The van der Waals surface area contributed by atoms with Crippen LogP contribution in [0.15, 0.2) is 76.4 Å². The predicted octanol–water partition coefficient (Wildman–Crippen LogP) is 2.02. The van der Waals surface area contributed by atoms with Gasteiger partial charge in [0.2, 0.25) is 0 Å². The van der Waals surface area contributed by atoms with Gasteiger partial charge in [-0.25, -0.2) is 13.0 Å². The quantitative estimate of drug-likeness (QED) is 0.446. The van der Waals surface area contributed by atoms with Crippen LogP contribution in [-0.4, -0.2) is 71.5 Å². The number of nitrogens with zero attached hydrogens (tertiary/aromatic N) is 5. The molecule has 5 rings (SSSR count). The Morgan fingerprint density at radius 2 is 1.54 bits per heavy atom. The van der Waals surface area contributed by atoms with Gasteiger partial charge in [-0.15, -0.1) is 0 Å². The number of nitrogens with one attached hydrogen (secondary N) is 1. The molecule has 1 saturated heterocycles. The van der Waals surface area contributed by atoms with Crippen LogP contribution in [0.4, 0.5) is 5.69 Å². The van der Waals surface area contributed by atoms with E-state index in [2.05, 4.69) is 24.6 Å². The number of rotatable bonds is 5. The molecule has 0 unspecified atom stereocenters. The van der Waals surface area contributed by atoms with E-state index >= 15 is 0 Å². The molecule has 0 aliphatic carbocycles. The predicted molar refractivity (Wildman–Crippen MR) is 125 cm³/mol. The lowest BCUT2D eigenvalue weighted by molar-refractivity contribution is 0.0532. The van der Waals surface area contributed by atoms with Crippen molar-refractivity contribution in [3.63, 3.8) is 0 Å². The Morgan fingerprint density at radius 1 is 0.829 bits per heavy atom. The van der Waals surface area contributed by atoms with Crippen LogP contribution >= 0.6 is 0 Å². The highest BCUT2D eigenvalue weighted by molar-refractivity contribution is 7.93. The van der Waals surface area contributed by atoms with Gasteiger partial charge < -0.3 is 9.80 Å². The highest BCUT2D eigenvalue weighted by atomic mass is 32.2. The number of fused-ring (bicyclic) bond motifs is 1. The average molecular weight is 493 g/mol. The number of piperazine rings is 1. The molecule has 1 aliphatic rings. The Balaban J connectivity index is 1.23. The average Bonchev–Trinajstić information content (AvgIpc) is 3.38. The molecule has 178 valence electrons. The summed E-state index contributed by atoms with van der Waals surface area (Å²) < 4.78 is 32.8. The highest BCUT2D eigenvalue weighted by Crippen LogP contribution is 2.23. The number of pyridine rings is 1. The highest BCUT2D eigenvalue weighted by Gasteiger charge is 2.26. The molecule has 2 aromatic heterocycles. The molecule has 3 heterocycles. The summed E-state index contributed by atoms with van der Waals surface area (Å²) in [6, 6.07) is 15.9. The number of aromatic nitrogens is 3. The minimum atomic E-state index is -3.95. The second-order valence-corrected chi connectivity index (χ2v) is 9.52. The van der Waals surface area contributed by atoms with Gasteiger partial charge in [-0.05, 0) is 58.8 Å². The zero-order valence-electron chi connectivity index (χ0n) is 18.4. The van der Waals surface area contributed by atoms with Gasteiger partial charge in [0.25, 0.3) is 21.8 Å². The first kappa shape index (κ1) is 22.5. The number of anilines is 1. The molecular formula is C23H20N6O5S. The summed E-state index contributed by atoms with van der Waals surface area (Å²) in [6.45, 7) is 1.59. The first-order chi connectivity index (χ1) is 16.9. The van der Waals surface area contributed by atoms with Crippen molar-refractivity contribution in [2.45, 2.75) is 4.90 Å². The molecule has 11 nitrogen and oxygen atoms in total. The summed E-state index contributed by atoms with van der Waals surface area (Å²) in [4.78, 5) is 32.8. The Hall–Kier alpha value is -4.32. The molecule has 35 heavy (non-hydrogen) atoms. The van der Waals surface area contributed by atoms with Crippen molar-refractivity contribution < 1.29 is 22.6 Å². The zero-order valence-corrected chi connectivity index (χ0v) is 19.2. The molecule has 12 heteroatoms. The summed E-state index contributed by atoms with van der Waals surface area (Å²) in [6.07, 6.45) is 1.57. The molecule has 0 spiro atoms. The Kier molecular flexibility index (Phi) is 5.87. The minimum absolute atomic E-state index is 0.0606. The fourth-order valence-corrected chi connectivity index (χ4v) is 5.05. The van der Waals surface area contributed by atoms with Crippen molar-refractivity contribution in [1.82, 2.24) is 25.1 Å². The molecule has 2 amide bonds. The number of carbonyl (C=O) groups is 2. The van der Waals surface area contributed by atoms with Gasteiger partial charge in [-0.2, -0.15) is 0 Å². The largest absolute Gasteiger partial charge is 0.335 e. The zero-order chi connectivity index (χ0) is 24.4. The Morgan fingerprint density at radius 3 is 2.23 bits per heavy atom. The minimum Gasteiger partial charge on any atom is -0.335 e. The van der Waals surface area contributed by atoms with E-state index in [-0.39, 0.29) is 22.2 Å². The molecule has 1 fully saturated rings. The van der Waals surface area contributed by atoms with Crippen LogP contribution in [0.3, 0.4) is 0 Å². The third kappa shape index (κ3) is 4.55. The van der Waals surface area contributed by atoms with Crippen LogP contribution < -0.4 is 4.72 Å². The fraction of sp³-hybridized carbons (Fsp3) is 0.174. The summed E-state index contributed by atoms with van der Waals surface area (Å²) >= 11 is 0. The summed E-state index contributed by atoms with van der Waals surface area (Å²) in [7, 11) is -3.95. The van der Waals surface area contributed by atoms with Crippen LogP contribution in [-0.2, 0) is 10.0 Å². The molecular weight excluding hydrogens is 472 g/mol. The van der Waals surface area contributed by atoms with Gasteiger partial charge in [0.15, 0.2) is 5.52 Å². The smallest absolute Gasteiger partial charge is 0.272 e.